The van der Waals surface area contributed by atoms with E-state index in [9.17, 15) is 0 Å². The van der Waals surface area contributed by atoms with Crippen LogP contribution < -0.4 is 5.32 Å². The molecule has 2 aromatic carbocycles. The number of aromatic nitrogens is 4. The van der Waals surface area contributed by atoms with Crippen LogP contribution in [0, 0.1) is 0 Å². The monoisotopic (exact) mass is 355 g/mol. The predicted molar refractivity (Wildman–Crippen MR) is 106 cm³/mol. The summed E-state index contributed by atoms with van der Waals surface area (Å²) in [5, 5.41) is 17.0. The van der Waals surface area contributed by atoms with Crippen LogP contribution in [0.15, 0.2) is 72.8 Å². The van der Waals surface area contributed by atoms with E-state index in [1.807, 2.05) is 22.7 Å². The van der Waals surface area contributed by atoms with E-state index in [2.05, 4.69) is 70.1 Å². The molecule has 0 bridgehead atoms. The third-order valence-corrected chi connectivity index (χ3v) is 5.04. The van der Waals surface area contributed by atoms with E-state index in [1.54, 1.807) is 0 Å². The van der Waals surface area contributed by atoms with Crippen LogP contribution in [0.3, 0.4) is 0 Å². The molecule has 2 heterocycles. The number of hydrogen-bond acceptors (Lipinski definition) is 4. The first-order chi connectivity index (χ1) is 13.4. The normalized spacial score (nSPS) is 15.0. The Labute approximate surface area is 158 Å². The van der Waals surface area contributed by atoms with E-state index in [1.165, 1.54) is 24.0 Å². The maximum absolute atomic E-state index is 4.78. The highest BCUT2D eigenvalue weighted by Crippen LogP contribution is 2.38. The number of hydrogen-bond donors (Lipinski definition) is 1. The fraction of sp³-hybridized carbons (Fsp3) is 0.227. The fourth-order valence-corrected chi connectivity index (χ4v) is 3.44. The number of benzene rings is 2. The first-order valence-electron chi connectivity index (χ1n) is 9.44. The molecule has 1 atom stereocenters. The molecule has 2 aromatic heterocycles. The van der Waals surface area contributed by atoms with Gasteiger partial charge in [0.25, 0.3) is 0 Å². The van der Waals surface area contributed by atoms with E-state index in [4.69, 9.17) is 5.10 Å². The van der Waals surface area contributed by atoms with Crippen molar-refractivity contribution in [1.29, 1.82) is 0 Å². The minimum Gasteiger partial charge on any atom is -0.361 e. The Morgan fingerprint density at radius 2 is 1.63 bits per heavy atom. The van der Waals surface area contributed by atoms with E-state index >= 15 is 0 Å². The summed E-state index contributed by atoms with van der Waals surface area (Å²) in [7, 11) is 0. The summed E-state index contributed by atoms with van der Waals surface area (Å²) in [4.78, 5) is 0. The Bertz CT molecular complexity index is 1040. The zero-order valence-corrected chi connectivity index (χ0v) is 15.0. The molecule has 4 aromatic rings. The standard InChI is InChI=1S/C22H21N5/c1-3-7-16(8-4-1)15-19(17-9-5-2-6-10-17)23-20-13-14-21-24-25-22(18-11-12-18)27(21)26-20/h1-10,13-14,18-19H,11-12,15H2,(H,23,26). The van der Waals surface area contributed by atoms with Gasteiger partial charge in [-0.25, -0.2) is 0 Å². The molecule has 5 rings (SSSR count). The predicted octanol–water partition coefficient (Wildman–Crippen LogP) is 4.40. The summed E-state index contributed by atoms with van der Waals surface area (Å²) in [6.07, 6.45) is 3.25. The maximum Gasteiger partial charge on any atom is 0.178 e. The van der Waals surface area contributed by atoms with Crippen molar-refractivity contribution in [1.82, 2.24) is 19.8 Å². The topological polar surface area (TPSA) is 55.1 Å². The summed E-state index contributed by atoms with van der Waals surface area (Å²) >= 11 is 0. The van der Waals surface area contributed by atoms with Crippen molar-refractivity contribution in [2.75, 3.05) is 5.32 Å². The van der Waals surface area contributed by atoms with Crippen LogP contribution in [0.5, 0.6) is 0 Å². The second-order valence-corrected chi connectivity index (χ2v) is 7.12. The third kappa shape index (κ3) is 3.40. The lowest BCUT2D eigenvalue weighted by atomic mass is 9.99. The van der Waals surface area contributed by atoms with Gasteiger partial charge in [0.05, 0.1) is 6.04 Å². The highest BCUT2D eigenvalue weighted by atomic mass is 15.4. The molecular weight excluding hydrogens is 334 g/mol. The van der Waals surface area contributed by atoms with Crippen molar-refractivity contribution < 1.29 is 0 Å². The van der Waals surface area contributed by atoms with Crippen LogP contribution in [0.4, 0.5) is 5.82 Å². The Morgan fingerprint density at radius 3 is 2.37 bits per heavy atom. The third-order valence-electron chi connectivity index (χ3n) is 5.04. The van der Waals surface area contributed by atoms with Crippen LogP contribution in [-0.2, 0) is 6.42 Å². The molecule has 1 unspecified atom stereocenters. The zero-order chi connectivity index (χ0) is 18.1. The molecule has 5 nitrogen and oxygen atoms in total. The highest BCUT2D eigenvalue weighted by molar-refractivity contribution is 5.46. The molecule has 0 radical (unpaired) electrons. The zero-order valence-electron chi connectivity index (χ0n) is 15.0. The van der Waals surface area contributed by atoms with Gasteiger partial charge in [0.2, 0.25) is 0 Å². The quantitative estimate of drug-likeness (QED) is 0.557. The molecule has 0 amide bonds. The molecule has 5 heteroatoms. The number of nitrogens with zero attached hydrogens (tertiary/aromatic N) is 4. The van der Waals surface area contributed by atoms with Crippen LogP contribution in [-0.4, -0.2) is 19.8 Å². The highest BCUT2D eigenvalue weighted by Gasteiger charge is 2.29. The Morgan fingerprint density at radius 1 is 0.889 bits per heavy atom. The summed E-state index contributed by atoms with van der Waals surface area (Å²) in [6.45, 7) is 0. The molecule has 27 heavy (non-hydrogen) atoms. The first-order valence-corrected chi connectivity index (χ1v) is 9.44. The lowest BCUT2D eigenvalue weighted by Crippen LogP contribution is -2.15. The molecular formula is C22H21N5. The van der Waals surface area contributed by atoms with Crippen molar-refractivity contribution in [3.05, 3.63) is 89.7 Å². The van der Waals surface area contributed by atoms with Gasteiger partial charge in [-0.3, -0.25) is 0 Å². The second-order valence-electron chi connectivity index (χ2n) is 7.12. The smallest absolute Gasteiger partial charge is 0.178 e. The van der Waals surface area contributed by atoms with Gasteiger partial charge in [-0.2, -0.15) is 4.52 Å². The number of anilines is 1. The van der Waals surface area contributed by atoms with E-state index in [-0.39, 0.29) is 6.04 Å². The average Bonchev–Trinajstić information content (AvgIpc) is 3.48. The maximum atomic E-state index is 4.78. The van der Waals surface area contributed by atoms with Crippen molar-refractivity contribution in [2.45, 2.75) is 31.2 Å². The lowest BCUT2D eigenvalue weighted by Gasteiger charge is -2.20. The van der Waals surface area contributed by atoms with Crippen molar-refractivity contribution >= 4 is 11.5 Å². The Hall–Kier alpha value is -3.21. The average molecular weight is 355 g/mol. The molecule has 1 aliphatic rings. The van der Waals surface area contributed by atoms with Gasteiger partial charge in [0.15, 0.2) is 11.5 Å². The summed E-state index contributed by atoms with van der Waals surface area (Å²) in [5.74, 6) is 2.33. The SMILES string of the molecule is c1ccc(CC(Nc2ccc3nnc(C4CC4)n3n2)c2ccccc2)cc1. The summed E-state index contributed by atoms with van der Waals surface area (Å²) < 4.78 is 1.89. The molecule has 1 aliphatic carbocycles. The van der Waals surface area contributed by atoms with Gasteiger partial charge in [0.1, 0.15) is 5.82 Å². The van der Waals surface area contributed by atoms with Crippen molar-refractivity contribution in [3.63, 3.8) is 0 Å². The molecule has 134 valence electrons. The fourth-order valence-electron chi connectivity index (χ4n) is 3.44. The van der Waals surface area contributed by atoms with Crippen LogP contribution in [0.1, 0.15) is 41.8 Å². The molecule has 1 saturated carbocycles. The molecule has 1 fully saturated rings. The van der Waals surface area contributed by atoms with Gasteiger partial charge in [0, 0.05) is 5.92 Å². The van der Waals surface area contributed by atoms with Gasteiger partial charge in [-0.05, 0) is 42.5 Å². The number of fused-ring (bicyclic) bond motifs is 1. The summed E-state index contributed by atoms with van der Waals surface area (Å²) in [6, 6.07) is 25.2. The van der Waals surface area contributed by atoms with E-state index in [0.717, 1.165) is 23.7 Å². The minimum atomic E-state index is 0.138. The molecule has 0 spiro atoms. The van der Waals surface area contributed by atoms with Crippen molar-refractivity contribution in [2.24, 2.45) is 0 Å². The first kappa shape index (κ1) is 16.0. The molecule has 0 saturated heterocycles. The minimum absolute atomic E-state index is 0.138. The lowest BCUT2D eigenvalue weighted by molar-refractivity contribution is 0.752. The Kier molecular flexibility index (Phi) is 4.05. The van der Waals surface area contributed by atoms with Gasteiger partial charge in [-0.1, -0.05) is 60.7 Å². The van der Waals surface area contributed by atoms with E-state index in [0.29, 0.717) is 5.92 Å². The van der Waals surface area contributed by atoms with Gasteiger partial charge in [-0.15, -0.1) is 15.3 Å². The number of nitrogens with one attached hydrogen (secondary N) is 1. The Balaban J connectivity index is 1.47. The van der Waals surface area contributed by atoms with Gasteiger partial charge >= 0.3 is 0 Å². The summed E-state index contributed by atoms with van der Waals surface area (Å²) in [5.41, 5.74) is 3.35. The van der Waals surface area contributed by atoms with Crippen LogP contribution in [0.2, 0.25) is 0 Å². The number of rotatable bonds is 6. The van der Waals surface area contributed by atoms with E-state index < -0.39 is 0 Å². The van der Waals surface area contributed by atoms with Gasteiger partial charge < -0.3 is 5.32 Å². The largest absolute Gasteiger partial charge is 0.361 e. The van der Waals surface area contributed by atoms with Crippen LogP contribution >= 0.6 is 0 Å². The van der Waals surface area contributed by atoms with Crippen molar-refractivity contribution in [3.8, 4) is 0 Å². The van der Waals surface area contributed by atoms with Crippen LogP contribution in [0.25, 0.3) is 5.65 Å². The second kappa shape index (κ2) is 6.83. The molecule has 1 N–H and O–H groups in total. The molecule has 0 aliphatic heterocycles.